The zero-order valence-electron chi connectivity index (χ0n) is 162. The summed E-state index contributed by atoms with van der Waals surface area (Å²) in [6, 6.07) is -6.71. The minimum absolute atomic E-state index is 0.00372. The molecule has 24 nitrogen and oxygen atoms in total. The molecule has 0 amide bonds. The lowest BCUT2D eigenvalue weighted by Crippen LogP contribution is -2.46. The van der Waals surface area contributed by atoms with Crippen LogP contribution in [0.3, 0.4) is 0 Å². The van der Waals surface area contributed by atoms with Gasteiger partial charge in [0.1, 0.15) is 34.7 Å². The number of aryl methyl sites for hydroxylation is 5. The van der Waals surface area contributed by atoms with E-state index in [1.807, 2.05) is 13.8 Å². The average molecular weight is 2030 g/mol. The molecular weight excluding hydrogens is 1780 g/mol. The normalized spacial score (nSPS) is 44.8. The van der Waals surface area contributed by atoms with Crippen molar-refractivity contribution in [3.05, 3.63) is 140 Å². The smallest absolute Gasteiger partial charge is 0.161 e. The van der Waals surface area contributed by atoms with E-state index in [9.17, 15) is 32.9 Å². The first-order valence-corrected chi connectivity index (χ1v) is 44.3. The molecule has 0 saturated carbocycles. The number of carbonyl (C=O) groups excluding carboxylic acids is 6. The molecule has 0 spiro atoms. The summed E-state index contributed by atoms with van der Waals surface area (Å²) in [6.45, 7) is -24.9. The van der Waals surface area contributed by atoms with E-state index in [1.54, 1.807) is 13.8 Å². The second kappa shape index (κ2) is 50.0. The number of Topliss-reactive ketones (excluding diaryl/α,β-unsaturated/α-hetero) is 6. The molecule has 24 heteroatoms. The fourth-order valence-corrected chi connectivity index (χ4v) is 16.9. The van der Waals surface area contributed by atoms with Crippen LogP contribution in [0.5, 0.6) is 69.0 Å². The maximum absolute atomic E-state index is 14.1. The van der Waals surface area contributed by atoms with Crippen LogP contribution < -0.4 is 56.8 Å². The zero-order valence-corrected chi connectivity index (χ0v) is 79.8. The van der Waals surface area contributed by atoms with Crippen LogP contribution in [0.15, 0.2) is 72.7 Å². The molecule has 774 valence electrons. The molecule has 12 aliphatic rings. The second-order valence-electron chi connectivity index (χ2n) is 34.2. The largest absolute Gasteiger partial charge is 0.493 e. The van der Waals surface area contributed by atoms with Crippen molar-refractivity contribution in [1.29, 1.82) is 0 Å². The van der Waals surface area contributed by atoms with Gasteiger partial charge in [-0.2, -0.15) is 0 Å². The third-order valence-electron chi connectivity index (χ3n) is 23.8. The molecular formula is C117H168N6O18. The Bertz CT molecular complexity index is 9270. The Hall–Kier alpha value is -9.30. The highest BCUT2D eigenvalue weighted by atomic mass is 16.5. The number of benzene rings is 6. The first kappa shape index (κ1) is 44.2. The van der Waals surface area contributed by atoms with Gasteiger partial charge in [0, 0.05) is 266 Å². The van der Waals surface area contributed by atoms with Crippen molar-refractivity contribution in [3.8, 4) is 69.0 Å². The fourth-order valence-electron chi connectivity index (χ4n) is 16.9. The van der Waals surface area contributed by atoms with Crippen LogP contribution in [-0.2, 0) is 67.1 Å². The Balaban J connectivity index is 0.000000214. The molecule has 0 N–H and O–H groups in total. The van der Waals surface area contributed by atoms with E-state index in [0.29, 0.717) is 86.8 Å². The Morgan fingerprint density at radius 2 is 0.652 bits per heavy atom. The molecule has 0 aliphatic carbocycles. The van der Waals surface area contributed by atoms with Gasteiger partial charge in [0.05, 0.1) is 119 Å². The molecule has 6 aromatic rings. The van der Waals surface area contributed by atoms with Crippen LogP contribution in [-0.4, -0.2) is 227 Å². The topological polar surface area (TPSA) is 233 Å². The van der Waals surface area contributed by atoms with Gasteiger partial charge in [-0.3, -0.25) is 58.2 Å². The van der Waals surface area contributed by atoms with E-state index >= 15 is 0 Å². The predicted octanol–water partition coefficient (Wildman–Crippen LogP) is 20.6. The number of nitrogens with zero attached hydrogens (tertiary/aromatic N) is 6. The van der Waals surface area contributed by atoms with Gasteiger partial charge in [0.25, 0.3) is 0 Å². The summed E-state index contributed by atoms with van der Waals surface area (Å²) in [4.78, 5) is 83.8. The first-order chi connectivity index (χ1) is 98.9. The first-order valence-electron chi connectivity index (χ1n) is 85.3. The Morgan fingerprint density at radius 3 is 1.04 bits per heavy atom. The summed E-state index contributed by atoms with van der Waals surface area (Å²) in [5, 5.41) is 0. The van der Waals surface area contributed by atoms with E-state index in [0.717, 1.165) is 70.1 Å². The van der Waals surface area contributed by atoms with Crippen LogP contribution in [0.4, 0.5) is 0 Å². The molecule has 6 saturated heterocycles. The Labute approximate surface area is 957 Å². The molecule has 6 aromatic carbocycles. The third kappa shape index (κ3) is 25.6. The van der Waals surface area contributed by atoms with Crippen LogP contribution >= 0.6 is 0 Å². The minimum atomic E-state index is -4.58. The van der Waals surface area contributed by atoms with Gasteiger partial charge >= 0.3 is 0 Å². The summed E-state index contributed by atoms with van der Waals surface area (Å²) in [7, 11) is -11.2. The van der Waals surface area contributed by atoms with Gasteiger partial charge in [0.2, 0.25) is 0 Å². The van der Waals surface area contributed by atoms with E-state index in [4.69, 9.17) is 165 Å². The lowest BCUT2D eigenvalue weighted by Gasteiger charge is -2.43. The highest BCUT2D eigenvalue weighted by molar-refractivity contribution is 5.86. The van der Waals surface area contributed by atoms with Crippen molar-refractivity contribution in [2.75, 3.05) is 163 Å². The number of ether oxygens (including phenoxy) is 12. The fraction of sp³-hybridized carbons (Fsp3) is 0.641. The lowest BCUT2D eigenvalue weighted by molar-refractivity contribution is -0.130. The Kier molecular flexibility index (Phi) is 15.7. The molecule has 0 aromatic heterocycles. The molecule has 15 atom stereocenters. The molecule has 18 rings (SSSR count). The van der Waals surface area contributed by atoms with Crippen LogP contribution in [0.25, 0.3) is 0 Å². The number of rotatable bonds is 27. The SMILES string of the molecule is [2H]C([2H])([2H])Oc1cc2c(cc1OC)C([2H])([2H])C([2H])([2H])N1C([2H])([2H])C([2H])(C([2H])([2H])C([2H])(C([2H])([2H])[2H])C([2H])([2H])C)C(=O)C([2H])([2H])C21[2H].[2H]C([2H])([2H])Oc1cc2c(cc1OC)C([2H])([2H])C([2H])([2H])N1C([2H])([2H])C([2H])(CC(C)C)C(=O)C([2H])([2H])C21[2H].[2H]C([2H])([2H])Oc1cc2c(cc1OC)C([2H])([2H])C([2H])([2H])N1CC(C([2H])([2H])C([2H])(C([2H])([2H])[2H])C([2H])([2H])C)C(=O)CC21[2H].[2H]C([2H])([2H])Oc1cc2c(cc1OC)C([2H])([2H])C([2H])([2H])N1CC(CC(C)C)C(=O)CC21[2H].[2H]C([2H])([2H])Oc1cc2c(cc1OC)C([2H])([2H])C([2H])([2H])N1CC([2H])(C([2H])([2H])C([2H])(C([2H])([2H])[2H])C([2H])([2H])C)C(=O)C([2H])([2H])C21[2H].[2H]c1c2c(c([2H])c(OC([2H])([2H])[2H])c1OC)C1CC(=O)C(CC(C)C)CN1CC2. The zero-order chi connectivity index (χ0) is 174. The van der Waals surface area contributed by atoms with Gasteiger partial charge in [-0.1, -0.05) is 102 Å². The number of carbonyl (C=O) groups is 6. The van der Waals surface area contributed by atoms with E-state index in [2.05, 4.69) is 18.7 Å². The minimum Gasteiger partial charge on any atom is -0.493 e. The van der Waals surface area contributed by atoms with Crippen molar-refractivity contribution in [1.82, 2.24) is 29.4 Å². The molecule has 0 bridgehead atoms. The van der Waals surface area contributed by atoms with Gasteiger partial charge in [0.15, 0.2) is 69.0 Å². The number of piperidine rings is 6. The van der Waals surface area contributed by atoms with Gasteiger partial charge in [-0.15, -0.1) is 0 Å². The Morgan fingerprint density at radius 1 is 0.340 bits per heavy atom. The van der Waals surface area contributed by atoms with Gasteiger partial charge < -0.3 is 56.8 Å². The van der Waals surface area contributed by atoms with Crippen LogP contribution in [0.1, 0.15) is 394 Å². The molecule has 12 heterocycles. The molecule has 0 radical (unpaired) electrons. The highest BCUT2D eigenvalue weighted by Gasteiger charge is 2.47. The van der Waals surface area contributed by atoms with Crippen LogP contribution in [0.2, 0.25) is 0 Å². The summed E-state index contributed by atoms with van der Waals surface area (Å²) < 4.78 is 738. The number of hydrogen-bond acceptors (Lipinski definition) is 24. The predicted molar refractivity (Wildman–Crippen MR) is 555 cm³/mol. The number of ketones is 6. The van der Waals surface area contributed by atoms with Crippen molar-refractivity contribution in [2.24, 2.45) is 70.9 Å². The number of methoxy groups -OCH3 is 12. The van der Waals surface area contributed by atoms with Crippen molar-refractivity contribution in [2.45, 2.75) is 253 Å². The monoisotopic (exact) mass is 2030 g/mol. The van der Waals surface area contributed by atoms with Crippen molar-refractivity contribution < 1.29 is 198 Å². The lowest BCUT2D eigenvalue weighted by atomic mass is 9.79. The van der Waals surface area contributed by atoms with Crippen molar-refractivity contribution in [3.63, 3.8) is 0 Å². The average Bonchev–Trinajstić information content (AvgIpc) is 0.632. The quantitative estimate of drug-likeness (QED) is 0.0466. The maximum Gasteiger partial charge on any atom is 0.161 e. The summed E-state index contributed by atoms with van der Waals surface area (Å²) in [5.41, 5.74) is -4.80. The van der Waals surface area contributed by atoms with E-state index in [1.165, 1.54) is 26.4 Å². The molecule has 15 unspecified atom stereocenters. The summed E-state index contributed by atoms with van der Waals surface area (Å²) in [6.07, 6.45) is -48.8. The highest BCUT2D eigenvalue weighted by Crippen LogP contribution is 2.51. The van der Waals surface area contributed by atoms with Crippen molar-refractivity contribution >= 4 is 34.7 Å². The maximum atomic E-state index is 14.1. The van der Waals surface area contributed by atoms with Gasteiger partial charge in [-0.25, -0.2) is 0 Å². The summed E-state index contributed by atoms with van der Waals surface area (Å²) in [5.74, 6) is -37.8. The number of hydrogen-bond donors (Lipinski definition) is 0. The number of fused-ring (bicyclic) bond motifs is 18. The molecule has 141 heavy (non-hydrogen) atoms. The van der Waals surface area contributed by atoms with E-state index < -0.39 is 408 Å². The standard InChI is InChI=1S/3C20H29NO3.3C19H27NO3/c3*1-5-13(2)8-15-12-21-7-6-14-9-19(23-3)20(24-4)10-16(14)17(21)11-18(15)22;3*1-12(2)7-14-11-20-6-5-13-8-18(22-3)19(23-4)9-15(13)16(20)10-17(14)21/h3*9-10,13,15,17H,5-8,11-12H2,1-4H3;3*8-9,12,14,16H,5-7,10-11H2,1-4H3/i2D3,4D3,5D2,6D2,7D2,8D2,11D2,12D2,13D,15D,17D;2D3,4D3,5D2,6D2,7D2,8D2,11D2,13D,15D,17D;2D3,4D3,5D2,6D2,7D2,8D2,13D,17D;4D3,5D2,6D2,10D2,11D2,14D,16D;4D3,5D2,6D2,16D;4D3,8D,9D. The molecule has 12 aliphatic heterocycles. The van der Waals surface area contributed by atoms with Crippen LogP contribution in [0, 0.1) is 70.9 Å². The van der Waals surface area contributed by atoms with Gasteiger partial charge in [-0.05, 0) is 252 Å². The molecule has 6 fully saturated rings. The second-order valence-corrected chi connectivity index (χ2v) is 34.2. The third-order valence-corrected chi connectivity index (χ3v) is 23.8. The van der Waals surface area contributed by atoms with E-state index in [-0.39, 0.29) is 122 Å². The summed E-state index contributed by atoms with van der Waals surface area (Å²) >= 11 is 0.